The van der Waals surface area contributed by atoms with Gasteiger partial charge >= 0.3 is 0 Å². The highest BCUT2D eigenvalue weighted by atomic mass is 32.1. The average Bonchev–Trinajstić information content (AvgIpc) is 3.07. The van der Waals surface area contributed by atoms with Crippen LogP contribution in [0.4, 0.5) is 11.4 Å². The molecule has 0 saturated heterocycles. The van der Waals surface area contributed by atoms with Crippen molar-refractivity contribution >= 4 is 48.5 Å². The van der Waals surface area contributed by atoms with Crippen LogP contribution in [0.15, 0.2) is 72.8 Å². The fraction of sp³-hybridized carbons (Fsp3) is 0.167. The van der Waals surface area contributed by atoms with Crippen molar-refractivity contribution in [1.82, 2.24) is 0 Å². The normalized spacial score (nSPS) is 14.5. The highest BCUT2D eigenvalue weighted by molar-refractivity contribution is 7.25. The predicted molar refractivity (Wildman–Crippen MR) is 116 cm³/mol. The molecule has 4 aromatic rings. The zero-order chi connectivity index (χ0) is 17.3. The van der Waals surface area contributed by atoms with E-state index in [9.17, 15) is 0 Å². The van der Waals surface area contributed by atoms with E-state index in [1.165, 1.54) is 57.0 Å². The van der Waals surface area contributed by atoms with Crippen molar-refractivity contribution in [2.45, 2.75) is 25.7 Å². The van der Waals surface area contributed by atoms with Crippen LogP contribution in [0.3, 0.4) is 0 Å². The quantitative estimate of drug-likeness (QED) is 0.396. The van der Waals surface area contributed by atoms with E-state index in [-0.39, 0.29) is 0 Å². The Kier molecular flexibility index (Phi) is 3.99. The van der Waals surface area contributed by atoms with Gasteiger partial charge in [0.05, 0.1) is 0 Å². The minimum Gasteiger partial charge on any atom is -0.355 e. The maximum atomic E-state index is 3.56. The molecule has 1 aliphatic rings. The number of rotatable bonds is 3. The number of nitrogens with one attached hydrogen (secondary N) is 1. The van der Waals surface area contributed by atoms with Crippen LogP contribution < -0.4 is 5.32 Å². The number of anilines is 2. The Morgan fingerprint density at radius 1 is 0.731 bits per heavy atom. The summed E-state index contributed by atoms with van der Waals surface area (Å²) < 4.78 is 2.69. The third-order valence-corrected chi connectivity index (χ3v) is 6.35. The topological polar surface area (TPSA) is 12.0 Å². The SMILES string of the molecule is C1=C(c2ccc(Nc3ccc4c(c3)sc3ccccc34)cc2)CCCC1. The van der Waals surface area contributed by atoms with Crippen LogP contribution in [-0.4, -0.2) is 0 Å². The van der Waals surface area contributed by atoms with Gasteiger partial charge in [0, 0.05) is 31.5 Å². The molecule has 0 fully saturated rings. The van der Waals surface area contributed by atoms with Gasteiger partial charge in [-0.05, 0) is 67.2 Å². The van der Waals surface area contributed by atoms with Crippen LogP contribution in [0.2, 0.25) is 0 Å². The molecule has 1 aromatic heterocycles. The lowest BCUT2D eigenvalue weighted by molar-refractivity contribution is 0.742. The van der Waals surface area contributed by atoms with Gasteiger partial charge in [-0.1, -0.05) is 42.5 Å². The first-order valence-corrected chi connectivity index (χ1v) is 10.2. The fourth-order valence-electron chi connectivity index (χ4n) is 3.84. The summed E-state index contributed by atoms with van der Waals surface area (Å²) in [6.07, 6.45) is 7.51. The monoisotopic (exact) mass is 355 g/mol. The molecule has 1 heterocycles. The van der Waals surface area contributed by atoms with Gasteiger partial charge in [0.15, 0.2) is 0 Å². The van der Waals surface area contributed by atoms with E-state index in [0.29, 0.717) is 0 Å². The molecule has 128 valence electrons. The molecule has 0 bridgehead atoms. The highest BCUT2D eigenvalue weighted by Gasteiger charge is 2.07. The molecule has 1 nitrogen and oxygen atoms in total. The van der Waals surface area contributed by atoms with Gasteiger partial charge in [-0.3, -0.25) is 0 Å². The van der Waals surface area contributed by atoms with Crippen molar-refractivity contribution in [3.8, 4) is 0 Å². The van der Waals surface area contributed by atoms with Crippen molar-refractivity contribution in [2.24, 2.45) is 0 Å². The second-order valence-electron chi connectivity index (χ2n) is 6.99. The molecule has 5 rings (SSSR count). The molecule has 1 aliphatic carbocycles. The minimum absolute atomic E-state index is 1.14. The van der Waals surface area contributed by atoms with Crippen molar-refractivity contribution in [3.05, 3.63) is 78.4 Å². The number of thiophene rings is 1. The van der Waals surface area contributed by atoms with Crippen molar-refractivity contribution < 1.29 is 0 Å². The fourth-order valence-corrected chi connectivity index (χ4v) is 4.98. The molecule has 0 saturated carbocycles. The number of hydrogen-bond donors (Lipinski definition) is 1. The summed E-state index contributed by atoms with van der Waals surface area (Å²) >= 11 is 1.86. The number of allylic oxidation sites excluding steroid dienone is 2. The summed E-state index contributed by atoms with van der Waals surface area (Å²) in [5.74, 6) is 0. The van der Waals surface area contributed by atoms with Crippen molar-refractivity contribution in [3.63, 3.8) is 0 Å². The Hall–Kier alpha value is -2.58. The Morgan fingerprint density at radius 3 is 2.38 bits per heavy atom. The second-order valence-corrected chi connectivity index (χ2v) is 8.07. The molecule has 0 atom stereocenters. The molecule has 2 heteroatoms. The molecule has 26 heavy (non-hydrogen) atoms. The zero-order valence-electron chi connectivity index (χ0n) is 14.7. The van der Waals surface area contributed by atoms with Crippen molar-refractivity contribution in [2.75, 3.05) is 5.32 Å². The summed E-state index contributed by atoms with van der Waals surface area (Å²) in [5, 5.41) is 6.25. The third kappa shape index (κ3) is 2.91. The van der Waals surface area contributed by atoms with Crippen LogP contribution in [0.25, 0.3) is 25.7 Å². The summed E-state index contributed by atoms with van der Waals surface area (Å²) in [6, 6.07) is 24.2. The Balaban J connectivity index is 1.42. The van der Waals surface area contributed by atoms with Gasteiger partial charge in [0.2, 0.25) is 0 Å². The smallest absolute Gasteiger partial charge is 0.0398 e. The van der Waals surface area contributed by atoms with Gasteiger partial charge in [-0.15, -0.1) is 11.3 Å². The van der Waals surface area contributed by atoms with Gasteiger partial charge in [-0.25, -0.2) is 0 Å². The van der Waals surface area contributed by atoms with Gasteiger partial charge in [-0.2, -0.15) is 0 Å². The molecule has 0 unspecified atom stereocenters. The molecule has 1 N–H and O–H groups in total. The predicted octanol–water partition coefficient (Wildman–Crippen LogP) is 7.76. The van der Waals surface area contributed by atoms with Crippen molar-refractivity contribution in [1.29, 1.82) is 0 Å². The molecule has 0 amide bonds. The van der Waals surface area contributed by atoms with Crippen LogP contribution in [0.1, 0.15) is 31.2 Å². The summed E-state index contributed by atoms with van der Waals surface area (Å²) in [4.78, 5) is 0. The standard InChI is InChI=1S/C24H21NS/c1-2-6-17(7-3-1)18-10-12-19(13-11-18)25-20-14-15-22-21-8-4-5-9-23(21)26-24(22)16-20/h4-6,8-16,25H,1-3,7H2. The van der Waals surface area contributed by atoms with E-state index in [0.717, 1.165) is 11.4 Å². The second kappa shape index (κ2) is 6.62. The third-order valence-electron chi connectivity index (χ3n) is 5.21. The summed E-state index contributed by atoms with van der Waals surface area (Å²) in [7, 11) is 0. The van der Waals surface area contributed by atoms with E-state index in [1.807, 2.05) is 11.3 Å². The highest BCUT2D eigenvalue weighted by Crippen LogP contribution is 2.36. The Morgan fingerprint density at radius 2 is 1.54 bits per heavy atom. The van der Waals surface area contributed by atoms with E-state index in [1.54, 1.807) is 0 Å². The maximum Gasteiger partial charge on any atom is 0.0398 e. The molecular weight excluding hydrogens is 334 g/mol. The maximum absolute atomic E-state index is 3.56. The van der Waals surface area contributed by atoms with Crippen LogP contribution in [-0.2, 0) is 0 Å². The molecule has 0 aliphatic heterocycles. The van der Waals surface area contributed by atoms with Crippen LogP contribution in [0.5, 0.6) is 0 Å². The van der Waals surface area contributed by atoms with E-state index in [4.69, 9.17) is 0 Å². The summed E-state index contributed by atoms with van der Waals surface area (Å²) in [5.41, 5.74) is 5.17. The largest absolute Gasteiger partial charge is 0.355 e. The number of fused-ring (bicyclic) bond motifs is 3. The van der Waals surface area contributed by atoms with E-state index in [2.05, 4.69) is 78.1 Å². The lowest BCUT2D eigenvalue weighted by Crippen LogP contribution is -1.93. The van der Waals surface area contributed by atoms with E-state index >= 15 is 0 Å². The molecule has 3 aromatic carbocycles. The first kappa shape index (κ1) is 15.7. The van der Waals surface area contributed by atoms with E-state index < -0.39 is 0 Å². The average molecular weight is 356 g/mol. The first-order valence-electron chi connectivity index (χ1n) is 9.35. The van der Waals surface area contributed by atoms with Gasteiger partial charge in [0.25, 0.3) is 0 Å². The Bertz CT molecular complexity index is 1100. The molecule has 0 spiro atoms. The molecule has 0 radical (unpaired) electrons. The first-order chi connectivity index (χ1) is 12.9. The van der Waals surface area contributed by atoms with Gasteiger partial charge < -0.3 is 5.32 Å². The van der Waals surface area contributed by atoms with Crippen LogP contribution in [0, 0.1) is 0 Å². The number of hydrogen-bond acceptors (Lipinski definition) is 2. The molecular formula is C24H21NS. The number of benzene rings is 3. The minimum atomic E-state index is 1.14. The summed E-state index contributed by atoms with van der Waals surface area (Å²) in [6.45, 7) is 0. The zero-order valence-corrected chi connectivity index (χ0v) is 15.5. The van der Waals surface area contributed by atoms with Gasteiger partial charge in [0.1, 0.15) is 0 Å². The lowest BCUT2D eigenvalue weighted by atomic mass is 9.94. The Labute approximate surface area is 158 Å². The lowest BCUT2D eigenvalue weighted by Gasteiger charge is -2.14. The van der Waals surface area contributed by atoms with Crippen LogP contribution >= 0.6 is 11.3 Å².